The standard InChI is InChI=1S/C17H25N3O4/c1-4-24-13-7-5-12(6-8-13)15(11-23-3)19-17(22)18-14-9-10-20(2)16(14)21/h5-8,14-15H,4,9-11H2,1-3H3,(H2,18,19,22)/t14-,15+/m1/s1. The maximum absolute atomic E-state index is 12.2. The summed E-state index contributed by atoms with van der Waals surface area (Å²) in [5.74, 6) is 0.718. The van der Waals surface area contributed by atoms with Gasteiger partial charge in [0.15, 0.2) is 0 Å². The number of likely N-dealkylation sites (N-methyl/N-ethyl adjacent to an activating group) is 1. The van der Waals surface area contributed by atoms with Crippen molar-refractivity contribution < 1.29 is 19.1 Å². The van der Waals surface area contributed by atoms with Crippen molar-refractivity contribution in [1.29, 1.82) is 0 Å². The number of hydrogen-bond acceptors (Lipinski definition) is 4. The molecule has 0 aromatic heterocycles. The van der Waals surface area contributed by atoms with Gasteiger partial charge in [-0.1, -0.05) is 12.1 Å². The van der Waals surface area contributed by atoms with Crippen LogP contribution in [-0.2, 0) is 9.53 Å². The van der Waals surface area contributed by atoms with E-state index >= 15 is 0 Å². The highest BCUT2D eigenvalue weighted by Gasteiger charge is 2.30. The zero-order chi connectivity index (χ0) is 17.5. The van der Waals surface area contributed by atoms with Gasteiger partial charge in [0, 0.05) is 20.7 Å². The van der Waals surface area contributed by atoms with Gasteiger partial charge in [-0.05, 0) is 31.0 Å². The minimum atomic E-state index is -0.460. The van der Waals surface area contributed by atoms with Crippen molar-refractivity contribution in [2.24, 2.45) is 0 Å². The molecule has 0 spiro atoms. The van der Waals surface area contributed by atoms with Crippen molar-refractivity contribution in [2.45, 2.75) is 25.4 Å². The molecular weight excluding hydrogens is 310 g/mol. The maximum Gasteiger partial charge on any atom is 0.316 e. The van der Waals surface area contributed by atoms with Gasteiger partial charge in [0.1, 0.15) is 11.8 Å². The molecule has 0 aliphatic carbocycles. The van der Waals surface area contributed by atoms with Crippen molar-refractivity contribution in [3.05, 3.63) is 29.8 Å². The Morgan fingerprint density at radius 3 is 2.62 bits per heavy atom. The Morgan fingerprint density at radius 2 is 2.08 bits per heavy atom. The van der Waals surface area contributed by atoms with Crippen LogP contribution in [0.5, 0.6) is 5.75 Å². The van der Waals surface area contributed by atoms with E-state index in [0.717, 1.165) is 11.3 Å². The smallest absolute Gasteiger partial charge is 0.316 e. The van der Waals surface area contributed by atoms with Crippen LogP contribution in [0.25, 0.3) is 0 Å². The number of carbonyl (C=O) groups is 2. The van der Waals surface area contributed by atoms with E-state index in [1.165, 1.54) is 0 Å². The zero-order valence-corrected chi connectivity index (χ0v) is 14.4. The second-order valence-corrected chi connectivity index (χ2v) is 5.73. The summed E-state index contributed by atoms with van der Waals surface area (Å²) in [4.78, 5) is 25.7. The Balaban J connectivity index is 1.97. The normalized spacial score (nSPS) is 18.4. The van der Waals surface area contributed by atoms with E-state index in [1.807, 2.05) is 31.2 Å². The minimum absolute atomic E-state index is 0.0606. The lowest BCUT2D eigenvalue weighted by molar-refractivity contribution is -0.128. The van der Waals surface area contributed by atoms with Crippen molar-refractivity contribution in [1.82, 2.24) is 15.5 Å². The molecule has 2 rings (SSSR count). The third-order valence-electron chi connectivity index (χ3n) is 3.96. The van der Waals surface area contributed by atoms with Gasteiger partial charge in [-0.3, -0.25) is 4.79 Å². The molecule has 1 heterocycles. The van der Waals surface area contributed by atoms with Crippen LogP contribution in [-0.4, -0.2) is 56.8 Å². The van der Waals surface area contributed by atoms with Crippen molar-refractivity contribution in [3.8, 4) is 5.75 Å². The average molecular weight is 335 g/mol. The Labute approximate surface area is 142 Å². The number of benzene rings is 1. The van der Waals surface area contributed by atoms with Crippen LogP contribution in [0.2, 0.25) is 0 Å². The third-order valence-corrected chi connectivity index (χ3v) is 3.96. The van der Waals surface area contributed by atoms with Gasteiger partial charge in [0.2, 0.25) is 5.91 Å². The van der Waals surface area contributed by atoms with Crippen LogP contribution in [0.15, 0.2) is 24.3 Å². The van der Waals surface area contributed by atoms with Gasteiger partial charge < -0.3 is 25.0 Å². The first-order valence-corrected chi connectivity index (χ1v) is 8.08. The van der Waals surface area contributed by atoms with Crippen LogP contribution in [0.4, 0.5) is 4.79 Å². The van der Waals surface area contributed by atoms with E-state index in [9.17, 15) is 9.59 Å². The van der Waals surface area contributed by atoms with E-state index in [4.69, 9.17) is 9.47 Å². The fraction of sp³-hybridized carbons (Fsp3) is 0.529. The highest BCUT2D eigenvalue weighted by molar-refractivity contribution is 5.88. The highest BCUT2D eigenvalue weighted by atomic mass is 16.5. The summed E-state index contributed by atoms with van der Waals surface area (Å²) >= 11 is 0. The molecule has 0 saturated carbocycles. The van der Waals surface area contributed by atoms with Crippen molar-refractivity contribution in [3.63, 3.8) is 0 Å². The van der Waals surface area contributed by atoms with Crippen molar-refractivity contribution >= 4 is 11.9 Å². The van der Waals surface area contributed by atoms with Gasteiger partial charge in [-0.2, -0.15) is 0 Å². The van der Waals surface area contributed by atoms with Crippen LogP contribution in [0, 0.1) is 0 Å². The number of likely N-dealkylation sites (tertiary alicyclic amines) is 1. The lowest BCUT2D eigenvalue weighted by Crippen LogP contribution is -2.47. The molecule has 1 aliphatic rings. The van der Waals surface area contributed by atoms with Gasteiger partial charge in [-0.25, -0.2) is 4.79 Å². The van der Waals surface area contributed by atoms with Crippen molar-refractivity contribution in [2.75, 3.05) is 33.9 Å². The Morgan fingerprint density at radius 1 is 1.38 bits per heavy atom. The third kappa shape index (κ3) is 4.61. The topological polar surface area (TPSA) is 79.9 Å². The van der Waals surface area contributed by atoms with Crippen LogP contribution in [0.1, 0.15) is 24.9 Å². The lowest BCUT2D eigenvalue weighted by Gasteiger charge is -2.20. The van der Waals surface area contributed by atoms with Gasteiger partial charge >= 0.3 is 6.03 Å². The average Bonchev–Trinajstić information content (AvgIpc) is 2.87. The molecular formula is C17H25N3O4. The van der Waals surface area contributed by atoms with Crippen LogP contribution >= 0.6 is 0 Å². The summed E-state index contributed by atoms with van der Waals surface area (Å²) < 4.78 is 10.6. The molecule has 24 heavy (non-hydrogen) atoms. The molecule has 2 atom stereocenters. The van der Waals surface area contributed by atoms with E-state index in [2.05, 4.69) is 10.6 Å². The van der Waals surface area contributed by atoms with Crippen LogP contribution in [0.3, 0.4) is 0 Å². The molecule has 1 aromatic carbocycles. The van der Waals surface area contributed by atoms with Gasteiger partial charge in [0.25, 0.3) is 0 Å². The molecule has 2 N–H and O–H groups in total. The monoisotopic (exact) mass is 335 g/mol. The Bertz CT molecular complexity index is 561. The fourth-order valence-corrected chi connectivity index (χ4v) is 2.67. The molecule has 0 radical (unpaired) electrons. The molecule has 1 fully saturated rings. The molecule has 7 nitrogen and oxygen atoms in total. The molecule has 7 heteroatoms. The number of ether oxygens (including phenoxy) is 2. The largest absolute Gasteiger partial charge is 0.494 e. The number of urea groups is 1. The van der Waals surface area contributed by atoms with E-state index in [-0.39, 0.29) is 18.0 Å². The zero-order valence-electron chi connectivity index (χ0n) is 14.4. The molecule has 1 aromatic rings. The summed E-state index contributed by atoms with van der Waals surface area (Å²) in [6, 6.07) is 6.36. The summed E-state index contributed by atoms with van der Waals surface area (Å²) in [6.45, 7) is 3.52. The Kier molecular flexibility index (Phi) is 6.43. The van der Waals surface area contributed by atoms with E-state index in [0.29, 0.717) is 26.2 Å². The highest BCUT2D eigenvalue weighted by Crippen LogP contribution is 2.18. The molecule has 1 aliphatic heterocycles. The Hall–Kier alpha value is -2.28. The molecule has 0 bridgehead atoms. The van der Waals surface area contributed by atoms with Gasteiger partial charge in [0.05, 0.1) is 19.3 Å². The van der Waals surface area contributed by atoms with E-state index < -0.39 is 6.04 Å². The quantitative estimate of drug-likeness (QED) is 0.787. The second kappa shape index (κ2) is 8.54. The fourth-order valence-electron chi connectivity index (χ4n) is 2.67. The second-order valence-electron chi connectivity index (χ2n) is 5.73. The predicted molar refractivity (Wildman–Crippen MR) is 89.9 cm³/mol. The lowest BCUT2D eigenvalue weighted by atomic mass is 10.1. The molecule has 0 unspecified atom stereocenters. The van der Waals surface area contributed by atoms with E-state index in [1.54, 1.807) is 19.1 Å². The first-order chi connectivity index (χ1) is 11.5. The number of carbonyl (C=O) groups excluding carboxylic acids is 2. The first-order valence-electron chi connectivity index (χ1n) is 8.08. The number of amides is 3. The minimum Gasteiger partial charge on any atom is -0.494 e. The summed E-state index contributed by atoms with van der Waals surface area (Å²) in [5, 5.41) is 5.59. The number of nitrogens with zero attached hydrogens (tertiary/aromatic N) is 1. The number of hydrogen-bond donors (Lipinski definition) is 2. The summed E-state index contributed by atoms with van der Waals surface area (Å²) in [6.07, 6.45) is 0.626. The number of nitrogens with one attached hydrogen (secondary N) is 2. The molecule has 1 saturated heterocycles. The van der Waals surface area contributed by atoms with Crippen LogP contribution < -0.4 is 15.4 Å². The summed E-state index contributed by atoms with van der Waals surface area (Å²) in [5.41, 5.74) is 0.908. The number of methoxy groups -OCH3 is 1. The van der Waals surface area contributed by atoms with Gasteiger partial charge in [-0.15, -0.1) is 0 Å². The first kappa shape index (κ1) is 18.1. The molecule has 132 valence electrons. The maximum atomic E-state index is 12.2. The summed E-state index contributed by atoms with van der Waals surface area (Å²) in [7, 11) is 3.31. The SMILES string of the molecule is CCOc1ccc([C@H](COC)NC(=O)N[C@@H]2CCN(C)C2=O)cc1. The molecule has 3 amide bonds. The number of rotatable bonds is 7. The predicted octanol–water partition coefficient (Wildman–Crippen LogP) is 1.30.